The topological polar surface area (TPSA) is 32.8 Å². The van der Waals surface area contributed by atoms with E-state index in [1.165, 1.54) is 0 Å². The Morgan fingerprint density at radius 1 is 1.25 bits per heavy atom. The number of piperazine rings is 1. The van der Waals surface area contributed by atoms with Gasteiger partial charge in [0.25, 0.3) is 5.91 Å². The van der Waals surface area contributed by atoms with Gasteiger partial charge in [0.1, 0.15) is 5.75 Å². The highest BCUT2D eigenvalue weighted by Crippen LogP contribution is 2.28. The second-order valence-electron chi connectivity index (χ2n) is 5.24. The van der Waals surface area contributed by atoms with Crippen molar-refractivity contribution in [2.45, 2.75) is 19.9 Å². The average molecular weight is 341 g/mol. The highest BCUT2D eigenvalue weighted by atomic mass is 79.9. The maximum absolute atomic E-state index is 12.7. The van der Waals surface area contributed by atoms with Crippen LogP contribution in [0.25, 0.3) is 0 Å². The molecule has 1 aliphatic heterocycles. The van der Waals surface area contributed by atoms with Crippen LogP contribution >= 0.6 is 15.9 Å². The predicted octanol–water partition coefficient (Wildman–Crippen LogP) is 2.62. The summed E-state index contributed by atoms with van der Waals surface area (Å²) in [4.78, 5) is 17.0. The number of methoxy groups -OCH3 is 1. The second kappa shape index (κ2) is 6.59. The van der Waals surface area contributed by atoms with E-state index in [4.69, 9.17) is 4.74 Å². The van der Waals surface area contributed by atoms with Crippen LogP contribution in [0.1, 0.15) is 24.2 Å². The Morgan fingerprint density at radius 3 is 2.45 bits per heavy atom. The third-order valence-electron chi connectivity index (χ3n) is 3.74. The minimum Gasteiger partial charge on any atom is -0.496 e. The quantitative estimate of drug-likeness (QED) is 0.847. The number of ether oxygens (including phenoxy) is 1. The molecule has 0 aliphatic carbocycles. The molecule has 0 saturated carbocycles. The Morgan fingerprint density at radius 2 is 1.90 bits per heavy atom. The van der Waals surface area contributed by atoms with Crippen LogP contribution in [0.3, 0.4) is 0 Å². The normalized spacial score (nSPS) is 16.6. The predicted molar refractivity (Wildman–Crippen MR) is 83.3 cm³/mol. The first kappa shape index (κ1) is 15.3. The number of rotatable bonds is 3. The maximum atomic E-state index is 12.7. The molecule has 1 aromatic rings. The first-order valence-corrected chi connectivity index (χ1v) is 7.69. The summed E-state index contributed by atoms with van der Waals surface area (Å²) in [7, 11) is 1.59. The van der Waals surface area contributed by atoms with Gasteiger partial charge in [-0.3, -0.25) is 9.69 Å². The molecule has 1 aromatic carbocycles. The number of halogens is 1. The van der Waals surface area contributed by atoms with Gasteiger partial charge < -0.3 is 9.64 Å². The molecule has 1 saturated heterocycles. The van der Waals surface area contributed by atoms with Crippen molar-refractivity contribution in [3.63, 3.8) is 0 Å². The lowest BCUT2D eigenvalue weighted by Gasteiger charge is -2.37. The average Bonchev–Trinajstić information content (AvgIpc) is 2.46. The van der Waals surface area contributed by atoms with Gasteiger partial charge in [0.2, 0.25) is 0 Å². The Kier molecular flexibility index (Phi) is 5.05. The molecule has 20 heavy (non-hydrogen) atoms. The lowest BCUT2D eigenvalue weighted by molar-refractivity contribution is 0.0591. The number of hydrogen-bond donors (Lipinski definition) is 0. The first-order valence-electron chi connectivity index (χ1n) is 6.90. The highest BCUT2D eigenvalue weighted by Gasteiger charge is 2.26. The number of amides is 1. The van der Waals surface area contributed by atoms with Gasteiger partial charge in [-0.1, -0.05) is 6.07 Å². The van der Waals surface area contributed by atoms with Gasteiger partial charge in [-0.2, -0.15) is 0 Å². The third kappa shape index (κ3) is 3.15. The molecule has 5 heteroatoms. The molecule has 0 unspecified atom stereocenters. The number of nitrogens with zero attached hydrogens (tertiary/aromatic N) is 2. The molecule has 110 valence electrons. The molecule has 0 bridgehead atoms. The van der Waals surface area contributed by atoms with Crippen molar-refractivity contribution in [1.29, 1.82) is 0 Å². The first-order chi connectivity index (χ1) is 9.54. The van der Waals surface area contributed by atoms with Crippen molar-refractivity contribution in [3.05, 3.63) is 28.2 Å². The molecule has 0 spiro atoms. The lowest BCUT2D eigenvalue weighted by Crippen LogP contribution is -2.50. The molecular weight excluding hydrogens is 320 g/mol. The van der Waals surface area contributed by atoms with Crippen molar-refractivity contribution in [1.82, 2.24) is 9.80 Å². The van der Waals surface area contributed by atoms with E-state index in [0.29, 0.717) is 17.4 Å². The van der Waals surface area contributed by atoms with Crippen LogP contribution in [-0.4, -0.2) is 55.0 Å². The van der Waals surface area contributed by atoms with Crippen LogP contribution in [-0.2, 0) is 0 Å². The molecule has 1 fully saturated rings. The smallest absolute Gasteiger partial charge is 0.258 e. The summed E-state index contributed by atoms with van der Waals surface area (Å²) >= 11 is 3.45. The number of carbonyl (C=O) groups excluding carboxylic acids is 1. The van der Waals surface area contributed by atoms with Gasteiger partial charge >= 0.3 is 0 Å². The molecule has 4 nitrogen and oxygen atoms in total. The van der Waals surface area contributed by atoms with Crippen LogP contribution < -0.4 is 4.74 Å². The zero-order chi connectivity index (χ0) is 14.7. The van der Waals surface area contributed by atoms with Crippen molar-refractivity contribution in [3.8, 4) is 5.75 Å². The monoisotopic (exact) mass is 340 g/mol. The van der Waals surface area contributed by atoms with Gasteiger partial charge in [0, 0.05) is 36.7 Å². The Bertz CT molecular complexity index is 483. The standard InChI is InChI=1S/C15H21BrN2O2/c1-11(2)17-7-9-18(10-8-17)15(19)14-12(16)5-4-6-13(14)20-3/h4-6,11H,7-10H2,1-3H3. The largest absolute Gasteiger partial charge is 0.496 e. The summed E-state index contributed by atoms with van der Waals surface area (Å²) in [5, 5.41) is 0. The van der Waals surface area contributed by atoms with E-state index >= 15 is 0 Å². The third-order valence-corrected chi connectivity index (χ3v) is 4.40. The van der Waals surface area contributed by atoms with Crippen molar-refractivity contribution < 1.29 is 9.53 Å². The number of benzene rings is 1. The molecule has 1 heterocycles. The molecule has 0 atom stereocenters. The van der Waals surface area contributed by atoms with E-state index in [1.807, 2.05) is 23.1 Å². The van der Waals surface area contributed by atoms with Crippen LogP contribution in [0.4, 0.5) is 0 Å². The fraction of sp³-hybridized carbons (Fsp3) is 0.533. The molecule has 0 N–H and O–H groups in total. The summed E-state index contributed by atoms with van der Waals surface area (Å²) in [6, 6.07) is 6.10. The molecule has 0 radical (unpaired) electrons. The zero-order valence-electron chi connectivity index (χ0n) is 12.2. The van der Waals surface area contributed by atoms with Gasteiger partial charge in [-0.25, -0.2) is 0 Å². The molecule has 2 rings (SSSR count). The second-order valence-corrected chi connectivity index (χ2v) is 6.09. The van der Waals surface area contributed by atoms with Crippen LogP contribution in [0.5, 0.6) is 5.75 Å². The molecule has 1 aliphatic rings. The van der Waals surface area contributed by atoms with Crippen LogP contribution in [0, 0.1) is 0 Å². The molecular formula is C15H21BrN2O2. The fourth-order valence-electron chi connectivity index (χ4n) is 2.48. The highest BCUT2D eigenvalue weighted by molar-refractivity contribution is 9.10. The van der Waals surface area contributed by atoms with E-state index in [2.05, 4.69) is 34.7 Å². The minimum atomic E-state index is 0.0396. The summed E-state index contributed by atoms with van der Waals surface area (Å²) in [5.74, 6) is 0.661. The molecule has 0 aromatic heterocycles. The number of carbonyl (C=O) groups is 1. The van der Waals surface area contributed by atoms with E-state index in [0.717, 1.165) is 30.7 Å². The van der Waals surface area contributed by atoms with Gasteiger partial charge in [-0.15, -0.1) is 0 Å². The summed E-state index contributed by atoms with van der Waals surface area (Å²) in [6.07, 6.45) is 0. The Labute approximate surface area is 128 Å². The fourth-order valence-corrected chi connectivity index (χ4v) is 3.00. The molecule has 1 amide bonds. The minimum absolute atomic E-state index is 0.0396. The maximum Gasteiger partial charge on any atom is 0.258 e. The van der Waals surface area contributed by atoms with Gasteiger partial charge in [0.15, 0.2) is 0 Å². The van der Waals surface area contributed by atoms with Crippen LogP contribution in [0.15, 0.2) is 22.7 Å². The zero-order valence-corrected chi connectivity index (χ0v) is 13.8. The summed E-state index contributed by atoms with van der Waals surface area (Å²) in [5.41, 5.74) is 0.619. The van der Waals surface area contributed by atoms with Crippen LogP contribution in [0.2, 0.25) is 0 Å². The van der Waals surface area contributed by atoms with E-state index in [-0.39, 0.29) is 5.91 Å². The summed E-state index contributed by atoms with van der Waals surface area (Å²) in [6.45, 7) is 7.76. The Hall–Kier alpha value is -1.07. The number of hydrogen-bond acceptors (Lipinski definition) is 3. The van der Waals surface area contributed by atoms with Crippen molar-refractivity contribution in [2.24, 2.45) is 0 Å². The van der Waals surface area contributed by atoms with Gasteiger partial charge in [-0.05, 0) is 41.9 Å². The summed E-state index contributed by atoms with van der Waals surface area (Å²) < 4.78 is 6.09. The lowest BCUT2D eigenvalue weighted by atomic mass is 10.1. The van der Waals surface area contributed by atoms with E-state index < -0.39 is 0 Å². The SMILES string of the molecule is COc1cccc(Br)c1C(=O)N1CCN(C(C)C)CC1. The van der Waals surface area contributed by atoms with Gasteiger partial charge in [0.05, 0.1) is 12.7 Å². The Balaban J connectivity index is 2.13. The van der Waals surface area contributed by atoms with Crippen molar-refractivity contribution in [2.75, 3.05) is 33.3 Å². The van der Waals surface area contributed by atoms with Crippen molar-refractivity contribution >= 4 is 21.8 Å². The van der Waals surface area contributed by atoms with E-state index in [1.54, 1.807) is 7.11 Å². The van der Waals surface area contributed by atoms with E-state index in [9.17, 15) is 4.79 Å².